The third-order valence-electron chi connectivity index (χ3n) is 1.46. The first-order valence-electron chi connectivity index (χ1n) is 2.39. The fourth-order valence-corrected chi connectivity index (χ4v) is 0.938. The average molecular weight is 78.1 g/mol. The molecule has 0 heteroatoms. The number of allylic oxidation sites excluding steroid dienone is 2. The fraction of sp³-hybridized carbons (Fsp3) is 0.500. The normalized spacial score (nSPS) is 38.7. The first-order valence-corrected chi connectivity index (χ1v) is 2.39. The van der Waals surface area contributed by atoms with E-state index in [9.17, 15) is 0 Å². The molecular formula is C6H6. The molecule has 0 bridgehead atoms. The van der Waals surface area contributed by atoms with Gasteiger partial charge in [-0.15, -0.1) is 0 Å². The van der Waals surface area contributed by atoms with Crippen LogP contribution in [0.1, 0.15) is 12.8 Å². The average Bonchev–Trinajstić information content (AvgIpc) is 2.17. The van der Waals surface area contributed by atoms with Crippen LogP contribution in [0, 0.1) is 12.3 Å². The largest absolute Gasteiger partial charge is 0.0844 e. The van der Waals surface area contributed by atoms with Crippen LogP contribution in [0.15, 0.2) is 11.6 Å². The molecule has 1 saturated carbocycles. The van der Waals surface area contributed by atoms with Crippen molar-refractivity contribution < 1.29 is 0 Å². The maximum absolute atomic E-state index is 3.30. The SMILES string of the molecule is [C]1CC=C2CC12. The molecule has 0 heterocycles. The van der Waals surface area contributed by atoms with Crippen molar-refractivity contribution in [3.05, 3.63) is 18.1 Å². The van der Waals surface area contributed by atoms with Gasteiger partial charge in [-0.25, -0.2) is 0 Å². The van der Waals surface area contributed by atoms with Gasteiger partial charge in [-0.2, -0.15) is 0 Å². The summed E-state index contributed by atoms with van der Waals surface area (Å²) in [4.78, 5) is 0. The third-order valence-corrected chi connectivity index (χ3v) is 1.46. The van der Waals surface area contributed by atoms with Gasteiger partial charge >= 0.3 is 0 Å². The molecule has 30 valence electrons. The summed E-state index contributed by atoms with van der Waals surface area (Å²) in [5.41, 5.74) is 1.63. The zero-order chi connectivity index (χ0) is 3.98. The Morgan fingerprint density at radius 2 is 2.83 bits per heavy atom. The summed E-state index contributed by atoms with van der Waals surface area (Å²) < 4.78 is 0. The van der Waals surface area contributed by atoms with Crippen LogP contribution in [-0.2, 0) is 0 Å². The van der Waals surface area contributed by atoms with Crippen molar-refractivity contribution in [1.82, 2.24) is 0 Å². The second-order valence-electron chi connectivity index (χ2n) is 1.94. The van der Waals surface area contributed by atoms with Crippen LogP contribution in [0.5, 0.6) is 0 Å². The van der Waals surface area contributed by atoms with Gasteiger partial charge in [-0.05, 0) is 25.2 Å². The molecule has 2 radical (unpaired) electrons. The lowest BCUT2D eigenvalue weighted by Crippen LogP contribution is -1.65. The fourth-order valence-electron chi connectivity index (χ4n) is 0.938. The van der Waals surface area contributed by atoms with Crippen molar-refractivity contribution >= 4 is 0 Å². The number of fused-ring (bicyclic) bond motifs is 1. The van der Waals surface area contributed by atoms with Gasteiger partial charge in [0, 0.05) is 0 Å². The van der Waals surface area contributed by atoms with Crippen LogP contribution in [-0.4, -0.2) is 0 Å². The highest BCUT2D eigenvalue weighted by Gasteiger charge is 2.32. The molecule has 2 aliphatic rings. The number of hydrogen-bond donors (Lipinski definition) is 0. The zero-order valence-electron chi connectivity index (χ0n) is 3.57. The first kappa shape index (κ1) is 2.84. The van der Waals surface area contributed by atoms with Gasteiger partial charge in [-0.3, -0.25) is 0 Å². The molecular weight excluding hydrogens is 72.1 g/mol. The van der Waals surface area contributed by atoms with Crippen molar-refractivity contribution in [1.29, 1.82) is 0 Å². The summed E-state index contributed by atoms with van der Waals surface area (Å²) in [7, 11) is 0. The van der Waals surface area contributed by atoms with Gasteiger partial charge in [0.15, 0.2) is 0 Å². The van der Waals surface area contributed by atoms with Crippen molar-refractivity contribution in [3.63, 3.8) is 0 Å². The first-order chi connectivity index (χ1) is 2.97. The molecule has 1 atom stereocenters. The zero-order valence-corrected chi connectivity index (χ0v) is 3.57. The molecule has 0 amide bonds. The summed E-state index contributed by atoms with van der Waals surface area (Å²) >= 11 is 0. The molecule has 2 aliphatic carbocycles. The van der Waals surface area contributed by atoms with Gasteiger partial charge < -0.3 is 0 Å². The molecule has 0 aromatic carbocycles. The van der Waals surface area contributed by atoms with Gasteiger partial charge in [0.25, 0.3) is 0 Å². The van der Waals surface area contributed by atoms with E-state index in [4.69, 9.17) is 0 Å². The Balaban J connectivity index is 2.35. The summed E-state index contributed by atoms with van der Waals surface area (Å²) in [6.07, 6.45) is 8.04. The van der Waals surface area contributed by atoms with Crippen LogP contribution in [0.2, 0.25) is 0 Å². The summed E-state index contributed by atoms with van der Waals surface area (Å²) in [6, 6.07) is 0. The Morgan fingerprint density at radius 3 is 3.00 bits per heavy atom. The lowest BCUT2D eigenvalue weighted by molar-refractivity contribution is 1.00. The highest BCUT2D eigenvalue weighted by Crippen LogP contribution is 2.45. The molecule has 0 spiro atoms. The van der Waals surface area contributed by atoms with E-state index in [1.54, 1.807) is 5.57 Å². The standard InChI is InChI=1S/C6H6/c1-2-5-4-6(5)3-1/h2,6H,1,4H2. The maximum atomic E-state index is 3.30. The van der Waals surface area contributed by atoms with Crippen LogP contribution in [0.3, 0.4) is 0 Å². The van der Waals surface area contributed by atoms with Crippen molar-refractivity contribution in [2.75, 3.05) is 0 Å². The predicted octanol–water partition coefficient (Wildman–Crippen LogP) is 1.42. The van der Waals surface area contributed by atoms with E-state index < -0.39 is 0 Å². The minimum atomic E-state index is 0.824. The molecule has 0 nitrogen and oxygen atoms in total. The van der Waals surface area contributed by atoms with E-state index in [0.29, 0.717) is 0 Å². The molecule has 0 saturated heterocycles. The van der Waals surface area contributed by atoms with Crippen LogP contribution >= 0.6 is 0 Å². The second kappa shape index (κ2) is 0.699. The molecule has 2 rings (SSSR count). The highest BCUT2D eigenvalue weighted by molar-refractivity contribution is 5.33. The quantitative estimate of drug-likeness (QED) is 0.384. The lowest BCUT2D eigenvalue weighted by Gasteiger charge is -1.75. The van der Waals surface area contributed by atoms with E-state index in [2.05, 4.69) is 12.5 Å². The molecule has 0 aromatic heterocycles. The van der Waals surface area contributed by atoms with Crippen LogP contribution in [0.4, 0.5) is 0 Å². The van der Waals surface area contributed by atoms with E-state index in [1.165, 1.54) is 6.42 Å². The summed E-state index contributed by atoms with van der Waals surface area (Å²) in [6.45, 7) is 0. The van der Waals surface area contributed by atoms with Crippen molar-refractivity contribution in [2.24, 2.45) is 5.92 Å². The van der Waals surface area contributed by atoms with Gasteiger partial charge in [-0.1, -0.05) is 11.6 Å². The molecule has 1 fully saturated rings. The summed E-state index contributed by atoms with van der Waals surface area (Å²) in [5, 5.41) is 0. The van der Waals surface area contributed by atoms with Crippen LogP contribution in [0.25, 0.3) is 0 Å². The Bertz CT molecular complexity index is 101. The summed E-state index contributed by atoms with van der Waals surface area (Å²) in [5.74, 6) is 0.824. The minimum Gasteiger partial charge on any atom is -0.0844 e. The van der Waals surface area contributed by atoms with Gasteiger partial charge in [0.2, 0.25) is 0 Å². The van der Waals surface area contributed by atoms with Gasteiger partial charge in [0.1, 0.15) is 0 Å². The van der Waals surface area contributed by atoms with Gasteiger partial charge in [0.05, 0.1) is 0 Å². The monoisotopic (exact) mass is 78.0 g/mol. The van der Waals surface area contributed by atoms with E-state index in [0.717, 1.165) is 12.3 Å². The van der Waals surface area contributed by atoms with E-state index >= 15 is 0 Å². The second-order valence-corrected chi connectivity index (χ2v) is 1.94. The Hall–Kier alpha value is -0.260. The Morgan fingerprint density at radius 1 is 1.83 bits per heavy atom. The minimum absolute atomic E-state index is 0.824. The Kier molecular flexibility index (Phi) is 0.331. The highest BCUT2D eigenvalue weighted by atomic mass is 14.4. The van der Waals surface area contributed by atoms with E-state index in [1.807, 2.05) is 0 Å². The maximum Gasteiger partial charge on any atom is -0.00521 e. The topological polar surface area (TPSA) is 0 Å². The Labute approximate surface area is 37.9 Å². The predicted molar refractivity (Wildman–Crippen MR) is 24.0 cm³/mol. The molecule has 0 aliphatic heterocycles. The molecule has 0 N–H and O–H groups in total. The smallest absolute Gasteiger partial charge is 0.00521 e. The third kappa shape index (κ3) is 0.204. The molecule has 6 heavy (non-hydrogen) atoms. The van der Waals surface area contributed by atoms with Crippen molar-refractivity contribution in [2.45, 2.75) is 12.8 Å². The van der Waals surface area contributed by atoms with Crippen LogP contribution < -0.4 is 0 Å². The van der Waals surface area contributed by atoms with Crippen molar-refractivity contribution in [3.8, 4) is 0 Å². The number of rotatable bonds is 0. The van der Waals surface area contributed by atoms with E-state index in [-0.39, 0.29) is 0 Å². The molecule has 0 aromatic rings. The molecule has 1 unspecified atom stereocenters. The lowest BCUT2D eigenvalue weighted by atomic mass is 10.3. The number of hydrogen-bond acceptors (Lipinski definition) is 0.